The van der Waals surface area contributed by atoms with E-state index in [1.807, 2.05) is 30.3 Å². The number of benzene rings is 7. The van der Waals surface area contributed by atoms with E-state index in [4.69, 9.17) is 19.4 Å². The van der Waals surface area contributed by atoms with Crippen molar-refractivity contribution in [2.45, 2.75) is 0 Å². The van der Waals surface area contributed by atoms with Gasteiger partial charge in [0.2, 0.25) is 0 Å². The standard InChI is InChI=1S/C39H23N3O/c1-2-10-27-22-28(20-16-24(27)8-1)37-40-38(29-21-19-26-18-17-25-9-3-4-11-30(25)34(26)23-29)42-39(41-37)33-14-7-13-32-31-12-5-6-15-35(31)43-36(32)33/h1-23H. The topological polar surface area (TPSA) is 51.8 Å². The molecule has 0 unspecified atom stereocenters. The van der Waals surface area contributed by atoms with Crippen molar-refractivity contribution < 1.29 is 4.42 Å². The van der Waals surface area contributed by atoms with Crippen LogP contribution in [0.4, 0.5) is 0 Å². The molecule has 0 amide bonds. The molecule has 0 aliphatic rings. The van der Waals surface area contributed by atoms with E-state index >= 15 is 0 Å². The second kappa shape index (κ2) is 9.33. The van der Waals surface area contributed by atoms with Crippen molar-refractivity contribution in [3.63, 3.8) is 0 Å². The third-order valence-electron chi connectivity index (χ3n) is 8.29. The van der Waals surface area contributed by atoms with Crippen LogP contribution in [0, 0.1) is 0 Å². The quantitative estimate of drug-likeness (QED) is 0.206. The summed E-state index contributed by atoms with van der Waals surface area (Å²) in [6, 6.07) is 48.2. The maximum absolute atomic E-state index is 6.39. The van der Waals surface area contributed by atoms with E-state index in [1.165, 1.54) is 26.9 Å². The molecule has 0 radical (unpaired) electrons. The fourth-order valence-corrected chi connectivity index (χ4v) is 6.15. The molecule has 0 saturated heterocycles. The number of fused-ring (bicyclic) bond motifs is 7. The highest BCUT2D eigenvalue weighted by Gasteiger charge is 2.18. The number of hydrogen-bond donors (Lipinski definition) is 0. The van der Waals surface area contributed by atoms with Gasteiger partial charge in [0.25, 0.3) is 0 Å². The first-order valence-corrected chi connectivity index (χ1v) is 14.4. The van der Waals surface area contributed by atoms with Gasteiger partial charge >= 0.3 is 0 Å². The van der Waals surface area contributed by atoms with E-state index < -0.39 is 0 Å². The maximum Gasteiger partial charge on any atom is 0.167 e. The SMILES string of the molecule is c1ccc2cc(-c3nc(-c4ccc5ccc6ccccc6c5c4)nc(-c4cccc5c4oc4ccccc45)n3)ccc2c1. The second-order valence-corrected chi connectivity index (χ2v) is 10.9. The Morgan fingerprint density at radius 3 is 1.79 bits per heavy atom. The molecule has 4 heteroatoms. The molecule has 0 fully saturated rings. The minimum Gasteiger partial charge on any atom is -0.455 e. The Kier molecular flexibility index (Phi) is 5.16. The lowest BCUT2D eigenvalue weighted by Gasteiger charge is -2.11. The summed E-state index contributed by atoms with van der Waals surface area (Å²) in [5, 5.41) is 9.19. The molecule has 2 heterocycles. The Hall–Kier alpha value is -5.87. The Labute approximate surface area is 246 Å². The van der Waals surface area contributed by atoms with E-state index in [9.17, 15) is 0 Å². The lowest BCUT2D eigenvalue weighted by molar-refractivity contribution is 0.669. The molecule has 7 aromatic carbocycles. The van der Waals surface area contributed by atoms with Crippen molar-refractivity contribution in [2.75, 3.05) is 0 Å². The van der Waals surface area contributed by atoms with Gasteiger partial charge in [0, 0.05) is 21.9 Å². The van der Waals surface area contributed by atoms with Crippen LogP contribution < -0.4 is 0 Å². The number of aromatic nitrogens is 3. The van der Waals surface area contributed by atoms with Gasteiger partial charge in [-0.2, -0.15) is 0 Å². The van der Waals surface area contributed by atoms with Crippen LogP contribution in [0.1, 0.15) is 0 Å². The summed E-state index contributed by atoms with van der Waals surface area (Å²) in [6.07, 6.45) is 0. The zero-order valence-corrected chi connectivity index (χ0v) is 23.0. The van der Waals surface area contributed by atoms with Gasteiger partial charge in [-0.1, -0.05) is 115 Å². The molecule has 0 atom stereocenters. The third-order valence-corrected chi connectivity index (χ3v) is 8.29. The van der Waals surface area contributed by atoms with Crippen molar-refractivity contribution in [3.8, 4) is 34.2 Å². The lowest BCUT2D eigenvalue weighted by Crippen LogP contribution is -2.00. The highest BCUT2D eigenvalue weighted by Crippen LogP contribution is 2.36. The summed E-state index contributed by atoms with van der Waals surface area (Å²) in [6.45, 7) is 0. The van der Waals surface area contributed by atoms with Crippen LogP contribution >= 0.6 is 0 Å². The van der Waals surface area contributed by atoms with Gasteiger partial charge in [0.05, 0.1) is 5.56 Å². The second-order valence-electron chi connectivity index (χ2n) is 10.9. The summed E-state index contributed by atoms with van der Waals surface area (Å²) in [5.74, 6) is 1.82. The maximum atomic E-state index is 6.39. The van der Waals surface area contributed by atoms with Crippen LogP contribution in [0.15, 0.2) is 144 Å². The van der Waals surface area contributed by atoms with Gasteiger partial charge in [-0.3, -0.25) is 0 Å². The van der Waals surface area contributed by atoms with Gasteiger partial charge in [-0.15, -0.1) is 0 Å². The molecule has 4 nitrogen and oxygen atoms in total. The minimum absolute atomic E-state index is 0.579. The molecule has 0 bridgehead atoms. The largest absolute Gasteiger partial charge is 0.455 e. The Balaban J connectivity index is 1.31. The number of nitrogens with zero attached hydrogens (tertiary/aromatic N) is 3. The highest BCUT2D eigenvalue weighted by atomic mass is 16.3. The molecule has 200 valence electrons. The highest BCUT2D eigenvalue weighted by molar-refractivity contribution is 6.10. The smallest absolute Gasteiger partial charge is 0.167 e. The predicted molar refractivity (Wildman–Crippen MR) is 176 cm³/mol. The number of furan rings is 1. The normalized spacial score (nSPS) is 11.7. The minimum atomic E-state index is 0.579. The van der Waals surface area contributed by atoms with E-state index in [0.717, 1.165) is 44.0 Å². The van der Waals surface area contributed by atoms with Crippen LogP contribution in [0.3, 0.4) is 0 Å². The fraction of sp³-hybridized carbons (Fsp3) is 0. The van der Waals surface area contributed by atoms with Crippen LogP contribution in [0.25, 0.3) is 88.4 Å². The molecular weight excluding hydrogens is 526 g/mol. The molecule has 43 heavy (non-hydrogen) atoms. The molecule has 9 rings (SSSR count). The molecule has 0 N–H and O–H groups in total. The molecule has 9 aromatic rings. The van der Waals surface area contributed by atoms with E-state index in [2.05, 4.69) is 109 Å². The lowest BCUT2D eigenvalue weighted by atomic mass is 10.00. The number of para-hydroxylation sites is 2. The summed E-state index contributed by atoms with van der Waals surface area (Å²) in [4.78, 5) is 15.2. The van der Waals surface area contributed by atoms with E-state index in [0.29, 0.717) is 17.5 Å². The van der Waals surface area contributed by atoms with Crippen molar-refractivity contribution in [1.29, 1.82) is 0 Å². The van der Waals surface area contributed by atoms with Crippen LogP contribution in [-0.4, -0.2) is 15.0 Å². The zero-order valence-electron chi connectivity index (χ0n) is 23.0. The van der Waals surface area contributed by atoms with Gasteiger partial charge < -0.3 is 4.42 Å². The van der Waals surface area contributed by atoms with Gasteiger partial charge in [-0.05, 0) is 56.6 Å². The van der Waals surface area contributed by atoms with E-state index in [1.54, 1.807) is 0 Å². The van der Waals surface area contributed by atoms with Crippen molar-refractivity contribution in [1.82, 2.24) is 15.0 Å². The first-order valence-electron chi connectivity index (χ1n) is 14.4. The van der Waals surface area contributed by atoms with Crippen molar-refractivity contribution in [3.05, 3.63) is 140 Å². The van der Waals surface area contributed by atoms with Gasteiger partial charge in [-0.25, -0.2) is 15.0 Å². The average molecular weight is 550 g/mol. The number of hydrogen-bond acceptors (Lipinski definition) is 4. The Morgan fingerprint density at radius 1 is 0.372 bits per heavy atom. The van der Waals surface area contributed by atoms with Gasteiger partial charge in [0.1, 0.15) is 11.2 Å². The predicted octanol–water partition coefficient (Wildman–Crippen LogP) is 10.2. The Morgan fingerprint density at radius 2 is 0.953 bits per heavy atom. The average Bonchev–Trinajstić information content (AvgIpc) is 3.46. The molecule has 0 aliphatic carbocycles. The van der Waals surface area contributed by atoms with Crippen LogP contribution in [-0.2, 0) is 0 Å². The third kappa shape index (κ3) is 3.88. The van der Waals surface area contributed by atoms with Crippen LogP contribution in [0.2, 0.25) is 0 Å². The summed E-state index contributed by atoms with van der Waals surface area (Å²) in [7, 11) is 0. The monoisotopic (exact) mass is 549 g/mol. The summed E-state index contributed by atoms with van der Waals surface area (Å²) >= 11 is 0. The summed E-state index contributed by atoms with van der Waals surface area (Å²) < 4.78 is 6.39. The zero-order chi connectivity index (χ0) is 28.3. The van der Waals surface area contributed by atoms with Crippen LogP contribution in [0.5, 0.6) is 0 Å². The first kappa shape index (κ1) is 23.8. The van der Waals surface area contributed by atoms with Crippen molar-refractivity contribution in [2.24, 2.45) is 0 Å². The molecule has 2 aromatic heterocycles. The molecule has 0 aliphatic heterocycles. The molecular formula is C39H23N3O. The molecule has 0 saturated carbocycles. The van der Waals surface area contributed by atoms with Gasteiger partial charge in [0.15, 0.2) is 17.5 Å². The first-order chi connectivity index (χ1) is 21.3. The Bertz CT molecular complexity index is 2530. The number of rotatable bonds is 3. The van der Waals surface area contributed by atoms with E-state index in [-0.39, 0.29) is 0 Å². The fourth-order valence-electron chi connectivity index (χ4n) is 6.15. The van der Waals surface area contributed by atoms with Crippen molar-refractivity contribution >= 4 is 54.3 Å². The summed E-state index contributed by atoms with van der Waals surface area (Å²) in [5.41, 5.74) is 4.33. The molecule has 0 spiro atoms.